The normalized spacial score (nSPS) is 11.2. The Balaban J connectivity index is 2.35. The second kappa shape index (κ2) is 4.65. The summed E-state index contributed by atoms with van der Waals surface area (Å²) in [5.74, 6) is -0.349. The van der Waals surface area contributed by atoms with Crippen LogP contribution in [-0.2, 0) is 10.0 Å². The second-order valence-corrected chi connectivity index (χ2v) is 5.02. The van der Waals surface area contributed by atoms with Gasteiger partial charge in [0.05, 0.1) is 25.3 Å². The Morgan fingerprint density at radius 3 is 2.83 bits per heavy atom. The Bertz CT molecular complexity index is 640. The lowest BCUT2D eigenvalue weighted by Gasteiger charge is -2.08. The van der Waals surface area contributed by atoms with Crippen LogP contribution < -0.4 is 9.46 Å². The summed E-state index contributed by atoms with van der Waals surface area (Å²) in [6.45, 7) is 0. The van der Waals surface area contributed by atoms with Crippen LogP contribution in [0.5, 0.6) is 5.75 Å². The molecule has 2 N–H and O–H groups in total. The van der Waals surface area contributed by atoms with Crippen LogP contribution in [0.1, 0.15) is 0 Å². The van der Waals surface area contributed by atoms with Crippen LogP contribution >= 0.6 is 0 Å². The number of H-pyrrole nitrogens is 1. The van der Waals surface area contributed by atoms with Crippen LogP contribution in [0.25, 0.3) is 0 Å². The summed E-state index contributed by atoms with van der Waals surface area (Å²) >= 11 is 0. The average Bonchev–Trinajstić information content (AvgIpc) is 2.86. The Morgan fingerprint density at radius 2 is 2.22 bits per heavy atom. The van der Waals surface area contributed by atoms with Gasteiger partial charge in [-0.2, -0.15) is 8.42 Å². The molecule has 0 aliphatic carbocycles. The van der Waals surface area contributed by atoms with Gasteiger partial charge in [0.2, 0.25) is 0 Å². The van der Waals surface area contributed by atoms with E-state index in [1.165, 1.54) is 25.6 Å². The van der Waals surface area contributed by atoms with Gasteiger partial charge in [0.25, 0.3) is 10.0 Å². The highest BCUT2D eigenvalue weighted by atomic mass is 32.2. The van der Waals surface area contributed by atoms with E-state index >= 15 is 0 Å². The lowest BCUT2D eigenvalue weighted by molar-refractivity contribution is 0.414. The summed E-state index contributed by atoms with van der Waals surface area (Å²) in [6.07, 6.45) is 2.34. The van der Waals surface area contributed by atoms with Gasteiger partial charge in [0, 0.05) is 6.07 Å². The lowest BCUT2D eigenvalue weighted by atomic mass is 10.3. The van der Waals surface area contributed by atoms with Gasteiger partial charge >= 0.3 is 0 Å². The minimum Gasteiger partial charge on any atom is -0.497 e. The van der Waals surface area contributed by atoms with Crippen LogP contribution in [0.4, 0.5) is 10.1 Å². The number of ether oxygens (including phenoxy) is 1. The first-order valence-corrected chi connectivity index (χ1v) is 6.36. The van der Waals surface area contributed by atoms with Crippen LogP contribution in [0, 0.1) is 5.82 Å². The number of halogens is 1. The van der Waals surface area contributed by atoms with E-state index < -0.39 is 15.8 Å². The van der Waals surface area contributed by atoms with Gasteiger partial charge in [-0.05, 0) is 12.1 Å². The zero-order valence-corrected chi connectivity index (χ0v) is 10.2. The highest BCUT2D eigenvalue weighted by Crippen LogP contribution is 2.23. The highest BCUT2D eigenvalue weighted by Gasteiger charge is 2.17. The number of hydrogen-bond acceptors (Lipinski definition) is 4. The predicted molar refractivity (Wildman–Crippen MR) is 62.3 cm³/mol. The van der Waals surface area contributed by atoms with Crippen molar-refractivity contribution in [1.82, 2.24) is 9.97 Å². The van der Waals surface area contributed by atoms with Gasteiger partial charge in [-0.25, -0.2) is 9.37 Å². The van der Waals surface area contributed by atoms with Gasteiger partial charge in [-0.3, -0.25) is 4.72 Å². The van der Waals surface area contributed by atoms with Crippen LogP contribution in [-0.4, -0.2) is 25.5 Å². The molecule has 0 unspecified atom stereocenters. The highest BCUT2D eigenvalue weighted by molar-refractivity contribution is 7.92. The van der Waals surface area contributed by atoms with Crippen molar-refractivity contribution in [3.05, 3.63) is 36.5 Å². The van der Waals surface area contributed by atoms with Crippen LogP contribution in [0.2, 0.25) is 0 Å². The number of aromatic nitrogens is 2. The van der Waals surface area contributed by atoms with Gasteiger partial charge < -0.3 is 9.72 Å². The summed E-state index contributed by atoms with van der Waals surface area (Å²) in [5, 5.41) is -0.148. The number of rotatable bonds is 4. The van der Waals surface area contributed by atoms with Crippen molar-refractivity contribution in [2.45, 2.75) is 5.03 Å². The molecule has 0 spiro atoms. The molecule has 18 heavy (non-hydrogen) atoms. The molecular weight excluding hydrogens is 261 g/mol. The number of aromatic amines is 1. The summed E-state index contributed by atoms with van der Waals surface area (Å²) in [6, 6.07) is 3.76. The summed E-state index contributed by atoms with van der Waals surface area (Å²) in [4.78, 5) is 6.02. The van der Waals surface area contributed by atoms with Crippen molar-refractivity contribution < 1.29 is 17.5 Å². The number of nitrogens with zero attached hydrogens (tertiary/aromatic N) is 1. The van der Waals surface area contributed by atoms with E-state index in [1.54, 1.807) is 0 Å². The minimum absolute atomic E-state index is 0.148. The molecule has 6 nitrogen and oxygen atoms in total. The van der Waals surface area contributed by atoms with Crippen molar-refractivity contribution in [1.29, 1.82) is 0 Å². The molecule has 2 rings (SSSR count). The van der Waals surface area contributed by atoms with E-state index in [0.29, 0.717) is 5.75 Å². The third-order valence-corrected chi connectivity index (χ3v) is 3.47. The maximum absolute atomic E-state index is 13.5. The van der Waals surface area contributed by atoms with E-state index in [-0.39, 0.29) is 10.7 Å². The molecule has 0 amide bonds. The largest absolute Gasteiger partial charge is 0.497 e. The molecule has 0 fully saturated rings. The molecule has 0 atom stereocenters. The van der Waals surface area contributed by atoms with Gasteiger partial charge in [-0.15, -0.1) is 0 Å². The molecule has 1 heterocycles. The van der Waals surface area contributed by atoms with Gasteiger partial charge in [-0.1, -0.05) is 0 Å². The maximum Gasteiger partial charge on any atom is 0.279 e. The zero-order chi connectivity index (χ0) is 13.2. The first-order chi connectivity index (χ1) is 8.53. The van der Waals surface area contributed by atoms with E-state index in [0.717, 1.165) is 12.3 Å². The fourth-order valence-corrected chi connectivity index (χ4v) is 2.26. The lowest BCUT2D eigenvalue weighted by Crippen LogP contribution is -2.14. The second-order valence-electron chi connectivity index (χ2n) is 3.37. The van der Waals surface area contributed by atoms with Crippen molar-refractivity contribution in [2.75, 3.05) is 11.8 Å². The molecule has 8 heteroatoms. The molecule has 0 aliphatic heterocycles. The number of benzene rings is 1. The SMILES string of the molecule is COc1ccc(F)c(NS(=O)(=O)c2cnc[nH]2)c1. The molecule has 1 aromatic carbocycles. The Kier molecular flexibility index (Phi) is 3.19. The van der Waals surface area contributed by atoms with Gasteiger partial charge in [0.15, 0.2) is 5.03 Å². The third kappa shape index (κ3) is 2.43. The molecule has 0 saturated heterocycles. The Hall–Kier alpha value is -2.09. The Labute approximate surface area is 103 Å². The number of sulfonamides is 1. The number of methoxy groups -OCH3 is 1. The first-order valence-electron chi connectivity index (χ1n) is 4.87. The summed E-state index contributed by atoms with van der Waals surface area (Å²) in [5.41, 5.74) is -0.191. The fraction of sp³-hybridized carbons (Fsp3) is 0.100. The fourth-order valence-electron chi connectivity index (χ4n) is 1.30. The topological polar surface area (TPSA) is 84.1 Å². The molecule has 96 valence electrons. The van der Waals surface area contributed by atoms with Crippen LogP contribution in [0.3, 0.4) is 0 Å². The van der Waals surface area contributed by atoms with E-state index in [4.69, 9.17) is 4.74 Å². The third-order valence-electron chi connectivity index (χ3n) is 2.18. The smallest absolute Gasteiger partial charge is 0.279 e. The van der Waals surface area contributed by atoms with Crippen molar-refractivity contribution in [3.8, 4) is 5.75 Å². The molecule has 1 aromatic heterocycles. The van der Waals surface area contributed by atoms with Gasteiger partial charge in [0.1, 0.15) is 11.6 Å². The van der Waals surface area contributed by atoms with Crippen molar-refractivity contribution >= 4 is 15.7 Å². The molecule has 0 aliphatic rings. The van der Waals surface area contributed by atoms with Crippen molar-refractivity contribution in [2.24, 2.45) is 0 Å². The summed E-state index contributed by atoms with van der Waals surface area (Å²) < 4.78 is 44.1. The average molecular weight is 271 g/mol. The molecular formula is C10H10FN3O3S. The predicted octanol–water partition coefficient (Wildman–Crippen LogP) is 1.36. The summed E-state index contributed by atoms with van der Waals surface area (Å²) in [7, 11) is -2.48. The molecule has 0 saturated carbocycles. The van der Waals surface area contributed by atoms with E-state index in [1.807, 2.05) is 0 Å². The minimum atomic E-state index is -3.88. The number of hydrogen-bond donors (Lipinski definition) is 2. The zero-order valence-electron chi connectivity index (χ0n) is 9.34. The number of nitrogens with one attached hydrogen (secondary N) is 2. The molecule has 2 aromatic rings. The quantitative estimate of drug-likeness (QED) is 0.879. The van der Waals surface area contributed by atoms with Crippen molar-refractivity contribution in [3.63, 3.8) is 0 Å². The van der Waals surface area contributed by atoms with E-state index in [2.05, 4.69) is 14.7 Å². The number of anilines is 1. The molecule has 0 radical (unpaired) electrons. The first kappa shape index (κ1) is 12.4. The van der Waals surface area contributed by atoms with Crippen LogP contribution in [0.15, 0.2) is 35.7 Å². The number of imidazole rings is 1. The van der Waals surface area contributed by atoms with E-state index in [9.17, 15) is 12.8 Å². The Morgan fingerprint density at radius 1 is 1.44 bits per heavy atom. The maximum atomic E-state index is 13.5. The molecule has 0 bridgehead atoms. The monoisotopic (exact) mass is 271 g/mol. The standard InChI is InChI=1S/C10H10FN3O3S/c1-17-7-2-3-8(11)9(4-7)14-18(15,16)10-5-12-6-13-10/h2-6,14H,1H3,(H,12,13).